The van der Waals surface area contributed by atoms with Crippen LogP contribution in [-0.4, -0.2) is 17.0 Å². The highest BCUT2D eigenvalue weighted by molar-refractivity contribution is 9.10. The van der Waals surface area contributed by atoms with Gasteiger partial charge in [0.15, 0.2) is 0 Å². The standard InChI is InChI=1S/C26H35BrOS/c1-25-13-11-20(28)15-17(25)3-9-22-23-10-4-18(26(23,2)14-12-24(22)25)16-29-21-7-5-19(27)6-8-21/h3,5-8,18,20,22-24,28H,4,9-16H2,1-2H3/t18-,20+,22+,23+,24+,25+,26-/m1/s1. The molecule has 0 amide bonds. The summed E-state index contributed by atoms with van der Waals surface area (Å²) < 4.78 is 1.17. The van der Waals surface area contributed by atoms with E-state index in [4.69, 9.17) is 0 Å². The molecule has 0 unspecified atom stereocenters. The molecule has 1 aromatic rings. The van der Waals surface area contributed by atoms with Crippen molar-refractivity contribution in [2.45, 2.75) is 76.2 Å². The first-order valence-corrected chi connectivity index (χ1v) is 13.4. The second-order valence-corrected chi connectivity index (χ2v) is 12.7. The van der Waals surface area contributed by atoms with Crippen LogP contribution in [0.4, 0.5) is 0 Å². The molecule has 29 heavy (non-hydrogen) atoms. The summed E-state index contributed by atoms with van der Waals surface area (Å²) in [6.07, 6.45) is 12.6. The predicted molar refractivity (Wildman–Crippen MR) is 126 cm³/mol. The third kappa shape index (κ3) is 3.48. The summed E-state index contributed by atoms with van der Waals surface area (Å²) in [5.74, 6) is 4.76. The summed E-state index contributed by atoms with van der Waals surface area (Å²) in [4.78, 5) is 1.41. The van der Waals surface area contributed by atoms with Crippen LogP contribution in [0.5, 0.6) is 0 Å². The van der Waals surface area contributed by atoms with Gasteiger partial charge in [0.25, 0.3) is 0 Å². The van der Waals surface area contributed by atoms with E-state index < -0.39 is 0 Å². The van der Waals surface area contributed by atoms with Crippen molar-refractivity contribution < 1.29 is 5.11 Å². The lowest BCUT2D eigenvalue weighted by Crippen LogP contribution is -2.50. The van der Waals surface area contributed by atoms with E-state index in [0.717, 1.165) is 36.5 Å². The lowest BCUT2D eigenvalue weighted by atomic mass is 9.47. The smallest absolute Gasteiger partial charge is 0.0577 e. The minimum absolute atomic E-state index is 0.0915. The molecule has 0 radical (unpaired) electrons. The second kappa shape index (κ2) is 7.71. The van der Waals surface area contributed by atoms with Crippen molar-refractivity contribution in [3.63, 3.8) is 0 Å². The van der Waals surface area contributed by atoms with Gasteiger partial charge in [-0.2, -0.15) is 0 Å². The Labute approximate surface area is 189 Å². The Kier molecular flexibility index (Phi) is 5.49. The van der Waals surface area contributed by atoms with Gasteiger partial charge in [-0.1, -0.05) is 41.4 Å². The van der Waals surface area contributed by atoms with Gasteiger partial charge in [0.05, 0.1) is 6.10 Å². The average molecular weight is 476 g/mol. The summed E-state index contributed by atoms with van der Waals surface area (Å²) >= 11 is 5.62. The van der Waals surface area contributed by atoms with Crippen LogP contribution >= 0.6 is 27.7 Å². The first-order chi connectivity index (χ1) is 13.9. The van der Waals surface area contributed by atoms with E-state index in [0.29, 0.717) is 10.8 Å². The predicted octanol–water partition coefficient (Wildman–Crippen LogP) is 7.48. The van der Waals surface area contributed by atoms with E-state index in [1.165, 1.54) is 53.6 Å². The fraction of sp³-hybridized carbons (Fsp3) is 0.692. The minimum atomic E-state index is -0.0915. The van der Waals surface area contributed by atoms with Gasteiger partial charge in [0, 0.05) is 15.1 Å². The molecule has 1 N–H and O–H groups in total. The van der Waals surface area contributed by atoms with E-state index in [1.807, 2.05) is 0 Å². The van der Waals surface area contributed by atoms with Crippen molar-refractivity contribution in [3.8, 4) is 0 Å². The Morgan fingerprint density at radius 3 is 2.62 bits per heavy atom. The summed E-state index contributed by atoms with van der Waals surface area (Å²) in [5, 5.41) is 10.2. The van der Waals surface area contributed by atoms with Crippen LogP contribution in [0.1, 0.15) is 65.2 Å². The normalized spacial score (nSPS) is 43.9. The topological polar surface area (TPSA) is 20.2 Å². The zero-order chi connectivity index (χ0) is 20.2. The van der Waals surface area contributed by atoms with Gasteiger partial charge in [0.1, 0.15) is 0 Å². The summed E-state index contributed by atoms with van der Waals surface area (Å²) in [6, 6.07) is 8.85. The Bertz CT molecular complexity index is 788. The SMILES string of the molecule is C[C@]12CC[C@H]3[C@@H](CC=C4C[C@@H](O)CC[C@@]43C)[C@@H]1CC[C@@H]2CSc1ccc(Br)cc1. The molecule has 4 aliphatic rings. The number of thioether (sulfide) groups is 1. The van der Waals surface area contributed by atoms with E-state index in [2.05, 4.69) is 71.9 Å². The Morgan fingerprint density at radius 1 is 1.03 bits per heavy atom. The number of allylic oxidation sites excluding steroid dienone is 1. The van der Waals surface area contributed by atoms with E-state index in [1.54, 1.807) is 5.57 Å². The van der Waals surface area contributed by atoms with Crippen molar-refractivity contribution in [2.24, 2.45) is 34.5 Å². The van der Waals surface area contributed by atoms with E-state index >= 15 is 0 Å². The molecule has 7 atom stereocenters. The second-order valence-electron chi connectivity index (χ2n) is 10.7. The average Bonchev–Trinajstić information content (AvgIpc) is 3.04. The first-order valence-electron chi connectivity index (χ1n) is 11.7. The number of fused-ring (bicyclic) bond motifs is 5. The van der Waals surface area contributed by atoms with Gasteiger partial charge in [-0.05, 0) is 110 Å². The van der Waals surface area contributed by atoms with Crippen LogP contribution in [-0.2, 0) is 0 Å². The number of benzene rings is 1. The van der Waals surface area contributed by atoms with Gasteiger partial charge < -0.3 is 5.11 Å². The molecule has 0 bridgehead atoms. The number of hydrogen-bond acceptors (Lipinski definition) is 2. The largest absolute Gasteiger partial charge is 0.393 e. The number of aliphatic hydroxyl groups excluding tert-OH is 1. The lowest BCUT2D eigenvalue weighted by molar-refractivity contribution is -0.0468. The number of rotatable bonds is 3. The van der Waals surface area contributed by atoms with E-state index in [9.17, 15) is 5.11 Å². The maximum atomic E-state index is 10.2. The van der Waals surface area contributed by atoms with Crippen molar-refractivity contribution in [1.29, 1.82) is 0 Å². The third-order valence-electron chi connectivity index (χ3n) is 9.54. The maximum absolute atomic E-state index is 10.2. The highest BCUT2D eigenvalue weighted by atomic mass is 79.9. The molecule has 3 heteroatoms. The lowest BCUT2D eigenvalue weighted by Gasteiger charge is -2.58. The summed E-state index contributed by atoms with van der Waals surface area (Å²) in [5.41, 5.74) is 2.49. The van der Waals surface area contributed by atoms with Crippen LogP contribution in [0.15, 0.2) is 45.3 Å². The van der Waals surface area contributed by atoms with Gasteiger partial charge in [-0.25, -0.2) is 0 Å². The number of hydrogen-bond donors (Lipinski definition) is 1. The molecule has 1 nitrogen and oxygen atoms in total. The number of halogens is 1. The minimum Gasteiger partial charge on any atom is -0.393 e. The molecule has 0 heterocycles. The maximum Gasteiger partial charge on any atom is 0.0577 e. The van der Waals surface area contributed by atoms with Crippen LogP contribution in [0.3, 0.4) is 0 Å². The molecule has 3 saturated carbocycles. The molecule has 0 spiro atoms. The van der Waals surface area contributed by atoms with Crippen LogP contribution in [0, 0.1) is 34.5 Å². The molecule has 5 rings (SSSR count). The van der Waals surface area contributed by atoms with Gasteiger partial charge in [-0.3, -0.25) is 0 Å². The van der Waals surface area contributed by atoms with Crippen molar-refractivity contribution in [2.75, 3.05) is 5.75 Å². The van der Waals surface area contributed by atoms with Crippen LogP contribution < -0.4 is 0 Å². The molecule has 3 fully saturated rings. The molecular formula is C26H35BrOS. The quantitative estimate of drug-likeness (QED) is 0.361. The van der Waals surface area contributed by atoms with Crippen LogP contribution in [0.25, 0.3) is 0 Å². The van der Waals surface area contributed by atoms with Gasteiger partial charge >= 0.3 is 0 Å². The fourth-order valence-electron chi connectivity index (χ4n) is 7.75. The Hall–Kier alpha value is -0.250. The zero-order valence-electron chi connectivity index (χ0n) is 17.9. The Balaban J connectivity index is 1.32. The fourth-order valence-corrected chi connectivity index (χ4v) is 9.29. The molecule has 0 saturated heterocycles. The van der Waals surface area contributed by atoms with Crippen molar-refractivity contribution in [3.05, 3.63) is 40.4 Å². The number of aliphatic hydroxyl groups is 1. The molecule has 158 valence electrons. The first kappa shape index (κ1) is 20.6. The van der Waals surface area contributed by atoms with Gasteiger partial charge in [-0.15, -0.1) is 11.8 Å². The highest BCUT2D eigenvalue weighted by Crippen LogP contribution is 2.66. The van der Waals surface area contributed by atoms with Crippen LogP contribution in [0.2, 0.25) is 0 Å². The summed E-state index contributed by atoms with van der Waals surface area (Å²) in [7, 11) is 0. The molecular weight excluding hydrogens is 440 g/mol. The molecule has 0 aliphatic heterocycles. The van der Waals surface area contributed by atoms with Crippen molar-refractivity contribution >= 4 is 27.7 Å². The van der Waals surface area contributed by atoms with Gasteiger partial charge in [0.2, 0.25) is 0 Å². The molecule has 4 aliphatic carbocycles. The summed E-state index contributed by atoms with van der Waals surface area (Å²) in [6.45, 7) is 5.18. The monoisotopic (exact) mass is 474 g/mol. The molecule has 1 aromatic carbocycles. The molecule has 0 aromatic heterocycles. The van der Waals surface area contributed by atoms with E-state index in [-0.39, 0.29) is 6.10 Å². The highest BCUT2D eigenvalue weighted by Gasteiger charge is 2.58. The van der Waals surface area contributed by atoms with Crippen molar-refractivity contribution in [1.82, 2.24) is 0 Å². The Morgan fingerprint density at radius 2 is 1.83 bits per heavy atom. The zero-order valence-corrected chi connectivity index (χ0v) is 20.3. The third-order valence-corrected chi connectivity index (χ3v) is 11.2.